The summed E-state index contributed by atoms with van der Waals surface area (Å²) < 4.78 is 39.5. The van der Waals surface area contributed by atoms with Gasteiger partial charge in [0.15, 0.2) is 0 Å². The molecule has 0 aliphatic carbocycles. The van der Waals surface area contributed by atoms with Crippen molar-refractivity contribution in [1.82, 2.24) is 5.43 Å². The second-order valence-corrected chi connectivity index (χ2v) is 6.77. The van der Waals surface area contributed by atoms with Crippen molar-refractivity contribution in [2.45, 2.75) is 33.4 Å². The van der Waals surface area contributed by atoms with Crippen LogP contribution in [0.3, 0.4) is 0 Å². The van der Waals surface area contributed by atoms with Gasteiger partial charge in [-0.1, -0.05) is 36.7 Å². The predicted octanol–water partition coefficient (Wildman–Crippen LogP) is 4.10. The van der Waals surface area contributed by atoms with Crippen LogP contribution in [0.5, 0.6) is 0 Å². The Morgan fingerprint density at radius 2 is 1.65 bits per heavy atom. The summed E-state index contributed by atoms with van der Waals surface area (Å²) in [7, 11) is 0. The Morgan fingerprint density at radius 1 is 1.13 bits per heavy atom. The molecule has 0 heterocycles. The molecule has 0 bridgehead atoms. The molecule has 0 atom stereocenters. The number of hydrogen-bond acceptors (Lipinski definition) is 3. The van der Waals surface area contributed by atoms with Crippen molar-refractivity contribution < 1.29 is 22.8 Å². The van der Waals surface area contributed by atoms with Crippen molar-refractivity contribution in [1.29, 1.82) is 0 Å². The van der Waals surface area contributed by atoms with Crippen molar-refractivity contribution in [3.05, 3.63) is 34.3 Å². The standard InChI is InChI=1S/C15H16BrF3N2O2/c1-14(2,3)12(22)8-11(15(17,18)19)20-21-13(23)9-4-6-10(16)7-5-9/h4-7H,8H2,1-3H3,(H,21,23)/b20-11+. The van der Waals surface area contributed by atoms with Crippen LogP contribution in [0.2, 0.25) is 0 Å². The average Bonchev–Trinajstić information content (AvgIpc) is 2.41. The minimum atomic E-state index is -4.80. The molecule has 1 amide bonds. The second kappa shape index (κ2) is 7.25. The molecule has 1 N–H and O–H groups in total. The normalized spacial score (nSPS) is 12.9. The Kier molecular flexibility index (Phi) is 6.10. The van der Waals surface area contributed by atoms with Crippen LogP contribution in [-0.4, -0.2) is 23.6 Å². The largest absolute Gasteiger partial charge is 0.431 e. The van der Waals surface area contributed by atoms with E-state index < -0.39 is 35.4 Å². The van der Waals surface area contributed by atoms with Crippen molar-refractivity contribution in [2.24, 2.45) is 10.5 Å². The number of carbonyl (C=O) groups excluding carboxylic acids is 2. The fourth-order valence-corrected chi connectivity index (χ4v) is 1.67. The quantitative estimate of drug-likeness (QED) is 0.619. The predicted molar refractivity (Wildman–Crippen MR) is 84.2 cm³/mol. The lowest BCUT2D eigenvalue weighted by Gasteiger charge is -2.18. The lowest BCUT2D eigenvalue weighted by Crippen LogP contribution is -2.33. The van der Waals surface area contributed by atoms with Gasteiger partial charge in [-0.25, -0.2) is 5.43 Å². The summed E-state index contributed by atoms with van der Waals surface area (Å²) >= 11 is 3.18. The fourth-order valence-electron chi connectivity index (χ4n) is 1.40. The molecule has 0 aliphatic heterocycles. The zero-order valence-corrected chi connectivity index (χ0v) is 14.4. The van der Waals surface area contributed by atoms with E-state index in [1.165, 1.54) is 32.9 Å². The van der Waals surface area contributed by atoms with Crippen LogP contribution in [0.1, 0.15) is 37.6 Å². The maximum absolute atomic E-state index is 12.9. The third kappa shape index (κ3) is 6.13. The third-order valence-electron chi connectivity index (χ3n) is 2.89. The van der Waals surface area contributed by atoms with Crippen LogP contribution in [0.25, 0.3) is 0 Å². The highest BCUT2D eigenvalue weighted by Crippen LogP contribution is 2.24. The molecular formula is C15H16BrF3N2O2. The molecule has 1 aromatic rings. The van der Waals surface area contributed by atoms with Gasteiger partial charge < -0.3 is 0 Å². The number of ketones is 1. The number of carbonyl (C=O) groups is 2. The molecule has 0 saturated heterocycles. The molecule has 8 heteroatoms. The first-order valence-electron chi connectivity index (χ1n) is 6.64. The van der Waals surface area contributed by atoms with Gasteiger partial charge in [0.1, 0.15) is 11.5 Å². The molecule has 1 rings (SSSR count). The first kappa shape index (κ1) is 19.3. The number of benzene rings is 1. The molecule has 0 radical (unpaired) electrons. The molecule has 0 aromatic heterocycles. The van der Waals surface area contributed by atoms with Gasteiger partial charge in [-0.2, -0.15) is 18.3 Å². The van der Waals surface area contributed by atoms with Gasteiger partial charge in [0, 0.05) is 15.5 Å². The second-order valence-electron chi connectivity index (χ2n) is 5.85. The topological polar surface area (TPSA) is 58.5 Å². The van der Waals surface area contributed by atoms with E-state index in [2.05, 4.69) is 21.0 Å². The van der Waals surface area contributed by atoms with Gasteiger partial charge in [0.25, 0.3) is 5.91 Å². The molecule has 0 aliphatic rings. The van der Waals surface area contributed by atoms with Crippen LogP contribution in [0.15, 0.2) is 33.8 Å². The summed E-state index contributed by atoms with van der Waals surface area (Å²) in [5.74, 6) is -1.41. The van der Waals surface area contributed by atoms with E-state index in [1.54, 1.807) is 12.1 Å². The number of rotatable bonds is 4. The summed E-state index contributed by atoms with van der Waals surface area (Å²) in [5.41, 5.74) is -0.263. The smallest absolute Gasteiger partial charge is 0.299 e. The zero-order chi connectivity index (χ0) is 17.8. The number of nitrogens with one attached hydrogen (secondary N) is 1. The highest BCUT2D eigenvalue weighted by molar-refractivity contribution is 9.10. The number of halogens is 4. The van der Waals surface area contributed by atoms with Crippen molar-refractivity contribution >= 4 is 33.3 Å². The van der Waals surface area contributed by atoms with Gasteiger partial charge in [0.05, 0.1) is 6.42 Å². The Morgan fingerprint density at radius 3 is 2.09 bits per heavy atom. The minimum Gasteiger partial charge on any atom is -0.299 e. The van der Waals surface area contributed by atoms with Crippen LogP contribution in [-0.2, 0) is 4.79 Å². The van der Waals surface area contributed by atoms with Gasteiger partial charge >= 0.3 is 6.18 Å². The highest BCUT2D eigenvalue weighted by Gasteiger charge is 2.39. The maximum atomic E-state index is 12.9. The number of amides is 1. The maximum Gasteiger partial charge on any atom is 0.431 e. The van der Waals surface area contributed by atoms with E-state index in [-0.39, 0.29) is 5.56 Å². The van der Waals surface area contributed by atoms with E-state index in [1.807, 2.05) is 5.43 Å². The number of alkyl halides is 3. The third-order valence-corrected chi connectivity index (χ3v) is 3.42. The first-order chi connectivity index (χ1) is 10.4. The Labute approximate surface area is 140 Å². The number of hydrogen-bond donors (Lipinski definition) is 1. The summed E-state index contributed by atoms with van der Waals surface area (Å²) in [5, 5.41) is 3.11. The van der Waals surface area contributed by atoms with Crippen LogP contribution >= 0.6 is 15.9 Å². The minimum absolute atomic E-state index is 0.153. The number of Topliss-reactive ketones (excluding diaryl/α,β-unsaturated/α-hetero) is 1. The summed E-state index contributed by atoms with van der Waals surface area (Å²) in [4.78, 5) is 23.6. The van der Waals surface area contributed by atoms with Crippen molar-refractivity contribution in [3.8, 4) is 0 Å². The van der Waals surface area contributed by atoms with E-state index in [9.17, 15) is 22.8 Å². The van der Waals surface area contributed by atoms with E-state index in [4.69, 9.17) is 0 Å². The molecule has 0 unspecified atom stereocenters. The van der Waals surface area contributed by atoms with Crippen molar-refractivity contribution in [3.63, 3.8) is 0 Å². The van der Waals surface area contributed by atoms with Crippen molar-refractivity contribution in [2.75, 3.05) is 0 Å². The molecule has 0 saturated carbocycles. The molecule has 23 heavy (non-hydrogen) atoms. The molecule has 126 valence electrons. The Hall–Kier alpha value is -1.70. The summed E-state index contributed by atoms with van der Waals surface area (Å²) in [6, 6.07) is 6.02. The monoisotopic (exact) mass is 392 g/mol. The van der Waals surface area contributed by atoms with E-state index in [0.717, 1.165) is 4.47 Å². The lowest BCUT2D eigenvalue weighted by atomic mass is 9.88. The van der Waals surface area contributed by atoms with E-state index >= 15 is 0 Å². The lowest BCUT2D eigenvalue weighted by molar-refractivity contribution is -0.126. The van der Waals surface area contributed by atoms with Crippen LogP contribution in [0, 0.1) is 5.41 Å². The highest BCUT2D eigenvalue weighted by atomic mass is 79.9. The average molecular weight is 393 g/mol. The zero-order valence-electron chi connectivity index (χ0n) is 12.8. The van der Waals surface area contributed by atoms with Crippen LogP contribution in [0.4, 0.5) is 13.2 Å². The molecule has 0 spiro atoms. The SMILES string of the molecule is CC(C)(C)C(=O)C/C(=N\NC(=O)c1ccc(Br)cc1)C(F)(F)F. The molecule has 1 aromatic carbocycles. The molecule has 0 fully saturated rings. The number of hydrazone groups is 1. The van der Waals surface area contributed by atoms with Gasteiger partial charge in [0.2, 0.25) is 0 Å². The van der Waals surface area contributed by atoms with E-state index in [0.29, 0.717) is 0 Å². The summed E-state index contributed by atoms with van der Waals surface area (Å²) in [6.07, 6.45) is -5.69. The van der Waals surface area contributed by atoms with Gasteiger partial charge in [-0.3, -0.25) is 9.59 Å². The van der Waals surface area contributed by atoms with Crippen LogP contribution < -0.4 is 5.43 Å². The molecule has 4 nitrogen and oxygen atoms in total. The molecular weight excluding hydrogens is 377 g/mol. The van der Waals surface area contributed by atoms with Gasteiger partial charge in [-0.15, -0.1) is 0 Å². The Balaban J connectivity index is 2.91. The number of nitrogens with zero attached hydrogens (tertiary/aromatic N) is 1. The summed E-state index contributed by atoms with van der Waals surface area (Å²) in [6.45, 7) is 4.55. The first-order valence-corrected chi connectivity index (χ1v) is 7.43. The Bertz CT molecular complexity index is 617. The fraction of sp³-hybridized carbons (Fsp3) is 0.400. The van der Waals surface area contributed by atoms with Gasteiger partial charge in [-0.05, 0) is 24.3 Å².